The lowest BCUT2D eigenvalue weighted by Gasteiger charge is -2.13. The quantitative estimate of drug-likeness (QED) is 0.670. The molecule has 1 aliphatic rings. The summed E-state index contributed by atoms with van der Waals surface area (Å²) in [5.41, 5.74) is 0. The Bertz CT molecular complexity index is 362. The summed E-state index contributed by atoms with van der Waals surface area (Å²) in [6.07, 6.45) is 10.4. The second-order valence-electron chi connectivity index (χ2n) is 5.20. The van der Waals surface area contributed by atoms with Crippen LogP contribution in [0.4, 0.5) is 5.95 Å². The SMILES string of the molecule is CCOCCCn1ccnc1NCCOC1CCCC1. The van der Waals surface area contributed by atoms with Crippen molar-refractivity contribution < 1.29 is 9.47 Å². The average molecular weight is 281 g/mol. The highest BCUT2D eigenvalue weighted by Gasteiger charge is 2.14. The summed E-state index contributed by atoms with van der Waals surface area (Å²) in [6, 6.07) is 0. The monoisotopic (exact) mass is 281 g/mol. The maximum absolute atomic E-state index is 5.83. The molecule has 1 aromatic heterocycles. The summed E-state index contributed by atoms with van der Waals surface area (Å²) in [7, 11) is 0. The summed E-state index contributed by atoms with van der Waals surface area (Å²) >= 11 is 0. The zero-order valence-corrected chi connectivity index (χ0v) is 12.5. The highest BCUT2D eigenvalue weighted by atomic mass is 16.5. The maximum Gasteiger partial charge on any atom is 0.202 e. The molecule has 0 aromatic carbocycles. The van der Waals surface area contributed by atoms with E-state index in [1.807, 2.05) is 19.3 Å². The van der Waals surface area contributed by atoms with Crippen LogP contribution in [0.15, 0.2) is 12.4 Å². The van der Waals surface area contributed by atoms with Crippen LogP contribution < -0.4 is 5.32 Å². The van der Waals surface area contributed by atoms with E-state index in [1.54, 1.807) is 0 Å². The third kappa shape index (κ3) is 5.13. The Kier molecular flexibility index (Phi) is 6.88. The Morgan fingerprint density at radius 1 is 1.35 bits per heavy atom. The summed E-state index contributed by atoms with van der Waals surface area (Å²) in [5, 5.41) is 3.34. The van der Waals surface area contributed by atoms with Crippen molar-refractivity contribution in [1.29, 1.82) is 0 Å². The molecule has 1 N–H and O–H groups in total. The van der Waals surface area contributed by atoms with Crippen LogP contribution in [-0.4, -0.2) is 42.0 Å². The molecule has 0 bridgehead atoms. The highest BCUT2D eigenvalue weighted by molar-refractivity contribution is 5.25. The lowest BCUT2D eigenvalue weighted by molar-refractivity contribution is 0.0658. The van der Waals surface area contributed by atoms with Gasteiger partial charge in [0.25, 0.3) is 0 Å². The number of nitrogens with one attached hydrogen (secondary N) is 1. The van der Waals surface area contributed by atoms with E-state index in [4.69, 9.17) is 9.47 Å². The molecule has 1 heterocycles. The first-order chi connectivity index (χ1) is 9.90. The smallest absolute Gasteiger partial charge is 0.202 e. The van der Waals surface area contributed by atoms with Crippen molar-refractivity contribution in [2.24, 2.45) is 0 Å². The van der Waals surface area contributed by atoms with Gasteiger partial charge in [-0.25, -0.2) is 4.98 Å². The molecular weight excluding hydrogens is 254 g/mol. The van der Waals surface area contributed by atoms with E-state index in [-0.39, 0.29) is 0 Å². The van der Waals surface area contributed by atoms with E-state index in [1.165, 1.54) is 25.7 Å². The van der Waals surface area contributed by atoms with E-state index >= 15 is 0 Å². The number of nitrogens with zero attached hydrogens (tertiary/aromatic N) is 2. The predicted molar refractivity (Wildman–Crippen MR) is 80.0 cm³/mol. The number of imidazole rings is 1. The molecule has 1 aliphatic carbocycles. The molecular formula is C15H27N3O2. The molecule has 1 fully saturated rings. The van der Waals surface area contributed by atoms with Crippen molar-refractivity contribution in [3.8, 4) is 0 Å². The third-order valence-electron chi connectivity index (χ3n) is 3.65. The van der Waals surface area contributed by atoms with Crippen LogP contribution in [0.25, 0.3) is 0 Å². The van der Waals surface area contributed by atoms with Crippen molar-refractivity contribution in [2.45, 2.75) is 51.7 Å². The Labute approximate surface area is 121 Å². The van der Waals surface area contributed by atoms with Crippen LogP contribution in [0.5, 0.6) is 0 Å². The van der Waals surface area contributed by atoms with Crippen LogP contribution in [-0.2, 0) is 16.0 Å². The molecule has 114 valence electrons. The molecule has 2 rings (SSSR count). The summed E-state index contributed by atoms with van der Waals surface area (Å²) in [4.78, 5) is 4.34. The molecule has 5 heteroatoms. The Morgan fingerprint density at radius 3 is 3.00 bits per heavy atom. The Balaban J connectivity index is 1.61. The molecule has 0 aliphatic heterocycles. The van der Waals surface area contributed by atoms with Gasteiger partial charge in [0.05, 0.1) is 12.7 Å². The summed E-state index contributed by atoms with van der Waals surface area (Å²) in [5.74, 6) is 0.927. The van der Waals surface area contributed by atoms with Gasteiger partial charge in [-0.3, -0.25) is 0 Å². The van der Waals surface area contributed by atoms with Crippen molar-refractivity contribution in [3.63, 3.8) is 0 Å². The summed E-state index contributed by atoms with van der Waals surface area (Å²) in [6.45, 7) is 6.13. The second kappa shape index (κ2) is 8.97. The maximum atomic E-state index is 5.83. The van der Waals surface area contributed by atoms with Gasteiger partial charge in [-0.2, -0.15) is 0 Å². The van der Waals surface area contributed by atoms with Crippen LogP contribution in [0.2, 0.25) is 0 Å². The largest absolute Gasteiger partial charge is 0.382 e. The van der Waals surface area contributed by atoms with Gasteiger partial charge in [-0.1, -0.05) is 12.8 Å². The van der Waals surface area contributed by atoms with Crippen LogP contribution in [0.3, 0.4) is 0 Å². The third-order valence-corrected chi connectivity index (χ3v) is 3.65. The topological polar surface area (TPSA) is 48.3 Å². The van der Waals surface area contributed by atoms with E-state index < -0.39 is 0 Å². The van der Waals surface area contributed by atoms with Crippen LogP contribution in [0, 0.1) is 0 Å². The fraction of sp³-hybridized carbons (Fsp3) is 0.800. The van der Waals surface area contributed by atoms with Gasteiger partial charge in [0, 0.05) is 38.7 Å². The molecule has 0 atom stereocenters. The molecule has 0 spiro atoms. The molecule has 0 saturated heterocycles. The lowest BCUT2D eigenvalue weighted by atomic mass is 10.3. The first-order valence-electron chi connectivity index (χ1n) is 7.84. The zero-order chi connectivity index (χ0) is 14.0. The van der Waals surface area contributed by atoms with Gasteiger partial charge in [-0.15, -0.1) is 0 Å². The van der Waals surface area contributed by atoms with Crippen molar-refractivity contribution in [1.82, 2.24) is 9.55 Å². The number of hydrogen-bond donors (Lipinski definition) is 1. The van der Waals surface area contributed by atoms with E-state index in [0.29, 0.717) is 6.10 Å². The van der Waals surface area contributed by atoms with Gasteiger partial charge in [0.2, 0.25) is 5.95 Å². The number of rotatable bonds is 10. The first-order valence-corrected chi connectivity index (χ1v) is 7.84. The molecule has 1 aromatic rings. The van der Waals surface area contributed by atoms with Gasteiger partial charge in [0.15, 0.2) is 0 Å². The first kappa shape index (κ1) is 15.3. The highest BCUT2D eigenvalue weighted by Crippen LogP contribution is 2.20. The van der Waals surface area contributed by atoms with E-state index in [9.17, 15) is 0 Å². The molecule has 1 saturated carbocycles. The van der Waals surface area contributed by atoms with Gasteiger partial charge < -0.3 is 19.4 Å². The minimum atomic E-state index is 0.489. The molecule has 0 amide bonds. The normalized spacial score (nSPS) is 15.8. The number of aromatic nitrogens is 2. The fourth-order valence-corrected chi connectivity index (χ4v) is 2.58. The van der Waals surface area contributed by atoms with Crippen LogP contribution >= 0.6 is 0 Å². The second-order valence-corrected chi connectivity index (χ2v) is 5.20. The van der Waals surface area contributed by atoms with Crippen molar-refractivity contribution >= 4 is 5.95 Å². The Morgan fingerprint density at radius 2 is 2.20 bits per heavy atom. The summed E-state index contributed by atoms with van der Waals surface area (Å²) < 4.78 is 13.3. The number of ether oxygens (including phenoxy) is 2. The lowest BCUT2D eigenvalue weighted by Crippen LogP contribution is -2.17. The molecule has 5 nitrogen and oxygen atoms in total. The van der Waals surface area contributed by atoms with Crippen molar-refractivity contribution in [2.75, 3.05) is 31.7 Å². The molecule has 0 radical (unpaired) electrons. The molecule has 0 unspecified atom stereocenters. The number of hydrogen-bond acceptors (Lipinski definition) is 4. The van der Waals surface area contributed by atoms with Gasteiger partial charge in [0.1, 0.15) is 0 Å². The standard InChI is InChI=1S/C15H27N3O2/c1-2-19-12-5-10-18-11-8-16-15(18)17-9-13-20-14-6-3-4-7-14/h8,11,14H,2-7,9-10,12-13H2,1H3,(H,16,17). The zero-order valence-electron chi connectivity index (χ0n) is 12.5. The number of anilines is 1. The minimum Gasteiger partial charge on any atom is -0.382 e. The number of aryl methyl sites for hydroxylation is 1. The average Bonchev–Trinajstić information content (AvgIpc) is 3.11. The Hall–Kier alpha value is -1.07. The molecule has 20 heavy (non-hydrogen) atoms. The van der Waals surface area contributed by atoms with Crippen LogP contribution in [0.1, 0.15) is 39.0 Å². The fourth-order valence-electron chi connectivity index (χ4n) is 2.58. The van der Waals surface area contributed by atoms with Gasteiger partial charge in [-0.05, 0) is 26.2 Å². The van der Waals surface area contributed by atoms with E-state index in [2.05, 4.69) is 14.9 Å². The van der Waals surface area contributed by atoms with Crippen molar-refractivity contribution in [3.05, 3.63) is 12.4 Å². The van der Waals surface area contributed by atoms with E-state index in [0.717, 1.165) is 45.3 Å². The minimum absolute atomic E-state index is 0.489. The predicted octanol–water partition coefficient (Wildman–Crippen LogP) is 2.68. The van der Waals surface area contributed by atoms with Gasteiger partial charge >= 0.3 is 0 Å².